The van der Waals surface area contributed by atoms with E-state index in [0.29, 0.717) is 9.98 Å². The highest BCUT2D eigenvalue weighted by molar-refractivity contribution is 9.10. The SMILES string of the molecule is Brc1nsc(C2Cc3ccccc3S2)n1. The van der Waals surface area contributed by atoms with Crippen molar-refractivity contribution in [3.8, 4) is 0 Å². The van der Waals surface area contributed by atoms with E-state index >= 15 is 0 Å². The van der Waals surface area contributed by atoms with Crippen LogP contribution in [0.3, 0.4) is 0 Å². The fourth-order valence-electron chi connectivity index (χ4n) is 1.67. The zero-order chi connectivity index (χ0) is 10.3. The van der Waals surface area contributed by atoms with Gasteiger partial charge in [0.25, 0.3) is 0 Å². The Kier molecular flexibility index (Phi) is 2.54. The van der Waals surface area contributed by atoms with E-state index in [9.17, 15) is 0 Å². The summed E-state index contributed by atoms with van der Waals surface area (Å²) in [7, 11) is 0. The largest absolute Gasteiger partial charge is 0.213 e. The minimum absolute atomic E-state index is 0.450. The highest BCUT2D eigenvalue weighted by Gasteiger charge is 2.25. The molecular weight excluding hydrogens is 292 g/mol. The molecule has 1 atom stereocenters. The fourth-order valence-corrected chi connectivity index (χ4v) is 4.19. The van der Waals surface area contributed by atoms with E-state index in [-0.39, 0.29) is 0 Å². The summed E-state index contributed by atoms with van der Waals surface area (Å²) in [4.78, 5) is 5.76. The molecule has 2 heterocycles. The number of hydrogen-bond donors (Lipinski definition) is 0. The van der Waals surface area contributed by atoms with E-state index in [1.165, 1.54) is 22.0 Å². The van der Waals surface area contributed by atoms with Gasteiger partial charge < -0.3 is 0 Å². The molecule has 0 bridgehead atoms. The van der Waals surface area contributed by atoms with Gasteiger partial charge in [-0.3, -0.25) is 0 Å². The van der Waals surface area contributed by atoms with Crippen molar-refractivity contribution in [3.05, 3.63) is 39.6 Å². The minimum atomic E-state index is 0.450. The Morgan fingerprint density at radius 1 is 1.33 bits per heavy atom. The maximum absolute atomic E-state index is 4.38. The van der Waals surface area contributed by atoms with Crippen molar-refractivity contribution >= 4 is 39.2 Å². The van der Waals surface area contributed by atoms with Gasteiger partial charge in [0, 0.05) is 4.90 Å². The van der Waals surface area contributed by atoms with Gasteiger partial charge in [0.05, 0.1) is 5.25 Å². The second-order valence-corrected chi connectivity index (χ2v) is 6.06. The van der Waals surface area contributed by atoms with Gasteiger partial charge in [0.15, 0.2) is 0 Å². The fraction of sp³-hybridized carbons (Fsp3) is 0.200. The molecule has 76 valence electrons. The maximum Gasteiger partial charge on any atom is 0.209 e. The Labute approximate surface area is 104 Å². The van der Waals surface area contributed by atoms with Crippen molar-refractivity contribution in [2.45, 2.75) is 16.6 Å². The summed E-state index contributed by atoms with van der Waals surface area (Å²) in [6.07, 6.45) is 1.07. The minimum Gasteiger partial charge on any atom is -0.213 e. The molecule has 1 aromatic carbocycles. The second-order valence-electron chi connectivity index (χ2n) is 3.32. The summed E-state index contributed by atoms with van der Waals surface area (Å²) in [5.74, 6) is 0. The van der Waals surface area contributed by atoms with E-state index in [1.807, 2.05) is 11.8 Å². The van der Waals surface area contributed by atoms with Crippen molar-refractivity contribution in [1.82, 2.24) is 9.36 Å². The molecule has 0 saturated carbocycles. The molecule has 0 spiro atoms. The standard InChI is InChI=1S/C10H7BrN2S2/c11-10-12-9(15-13-10)8-5-6-3-1-2-4-7(6)14-8/h1-4,8H,5H2. The van der Waals surface area contributed by atoms with Crippen LogP contribution in [0.2, 0.25) is 0 Å². The third-order valence-electron chi connectivity index (χ3n) is 2.34. The Balaban J connectivity index is 1.90. The molecule has 1 aliphatic heterocycles. The van der Waals surface area contributed by atoms with Crippen molar-refractivity contribution in [2.75, 3.05) is 0 Å². The Morgan fingerprint density at radius 3 is 2.93 bits per heavy atom. The number of halogens is 1. The molecule has 0 fully saturated rings. The molecule has 2 nitrogen and oxygen atoms in total. The quantitative estimate of drug-likeness (QED) is 0.803. The van der Waals surface area contributed by atoms with Crippen LogP contribution in [0.25, 0.3) is 0 Å². The van der Waals surface area contributed by atoms with Gasteiger partial charge in [0.1, 0.15) is 5.01 Å². The highest BCUT2D eigenvalue weighted by Crippen LogP contribution is 2.46. The van der Waals surface area contributed by atoms with Crippen molar-refractivity contribution in [1.29, 1.82) is 0 Å². The van der Waals surface area contributed by atoms with Gasteiger partial charge in [-0.15, -0.1) is 11.8 Å². The lowest BCUT2D eigenvalue weighted by atomic mass is 10.1. The number of thioether (sulfide) groups is 1. The molecule has 15 heavy (non-hydrogen) atoms. The Morgan fingerprint density at radius 2 is 2.20 bits per heavy atom. The van der Waals surface area contributed by atoms with E-state index in [2.05, 4.69) is 49.6 Å². The first kappa shape index (κ1) is 9.81. The van der Waals surface area contributed by atoms with Crippen LogP contribution in [0, 0.1) is 0 Å². The van der Waals surface area contributed by atoms with E-state index < -0.39 is 0 Å². The highest BCUT2D eigenvalue weighted by atomic mass is 79.9. The number of rotatable bonds is 1. The summed E-state index contributed by atoms with van der Waals surface area (Å²) in [5.41, 5.74) is 1.43. The van der Waals surface area contributed by atoms with Crippen LogP contribution in [-0.2, 0) is 6.42 Å². The van der Waals surface area contributed by atoms with Gasteiger partial charge in [-0.2, -0.15) is 4.37 Å². The van der Waals surface area contributed by atoms with E-state index in [1.54, 1.807) is 0 Å². The number of fused-ring (bicyclic) bond motifs is 1. The Hall–Kier alpha value is -0.390. The molecule has 0 saturated heterocycles. The zero-order valence-corrected chi connectivity index (χ0v) is 10.9. The van der Waals surface area contributed by atoms with E-state index in [4.69, 9.17) is 0 Å². The van der Waals surface area contributed by atoms with E-state index in [0.717, 1.165) is 11.4 Å². The molecule has 3 rings (SSSR count). The van der Waals surface area contributed by atoms with Crippen LogP contribution >= 0.6 is 39.2 Å². The topological polar surface area (TPSA) is 25.8 Å². The normalized spacial score (nSPS) is 19.1. The number of hydrogen-bond acceptors (Lipinski definition) is 4. The average molecular weight is 299 g/mol. The third kappa shape index (κ3) is 1.84. The number of aromatic nitrogens is 2. The lowest BCUT2D eigenvalue weighted by Gasteiger charge is -2.00. The number of benzene rings is 1. The van der Waals surface area contributed by atoms with Crippen LogP contribution in [0.4, 0.5) is 0 Å². The predicted octanol–water partition coefficient (Wildman–Crippen LogP) is 3.69. The summed E-state index contributed by atoms with van der Waals surface area (Å²) in [6.45, 7) is 0. The first-order valence-corrected chi connectivity index (χ1v) is 7.01. The molecule has 1 aromatic heterocycles. The second kappa shape index (κ2) is 3.88. The van der Waals surface area contributed by atoms with Gasteiger partial charge in [-0.05, 0) is 45.5 Å². The summed E-state index contributed by atoms with van der Waals surface area (Å²) < 4.78 is 4.87. The van der Waals surface area contributed by atoms with Crippen molar-refractivity contribution in [3.63, 3.8) is 0 Å². The van der Waals surface area contributed by atoms with Gasteiger partial charge in [-0.25, -0.2) is 4.98 Å². The zero-order valence-electron chi connectivity index (χ0n) is 7.68. The number of nitrogens with zero attached hydrogens (tertiary/aromatic N) is 2. The summed E-state index contributed by atoms with van der Waals surface area (Å²) in [5, 5.41) is 1.56. The van der Waals surface area contributed by atoms with Crippen LogP contribution in [0.1, 0.15) is 15.8 Å². The molecule has 0 aliphatic carbocycles. The molecule has 1 aliphatic rings. The predicted molar refractivity (Wildman–Crippen MR) is 66.4 cm³/mol. The average Bonchev–Trinajstić information content (AvgIpc) is 2.82. The lowest BCUT2D eigenvalue weighted by molar-refractivity contribution is 0.928. The summed E-state index contributed by atoms with van der Waals surface area (Å²) in [6, 6.07) is 8.55. The van der Waals surface area contributed by atoms with Crippen LogP contribution in [0.15, 0.2) is 33.9 Å². The first-order chi connectivity index (χ1) is 7.33. The smallest absolute Gasteiger partial charge is 0.209 e. The molecule has 0 amide bonds. The van der Waals surface area contributed by atoms with Gasteiger partial charge in [0.2, 0.25) is 4.73 Å². The van der Waals surface area contributed by atoms with Crippen LogP contribution < -0.4 is 0 Å². The lowest BCUT2D eigenvalue weighted by Crippen LogP contribution is -1.90. The maximum atomic E-state index is 4.38. The molecular formula is C10H7BrN2S2. The molecule has 0 radical (unpaired) electrons. The third-order valence-corrected chi connectivity index (χ3v) is 5.23. The molecule has 0 N–H and O–H groups in total. The molecule has 5 heteroatoms. The monoisotopic (exact) mass is 298 g/mol. The summed E-state index contributed by atoms with van der Waals surface area (Å²) >= 11 is 6.67. The molecule has 2 aromatic rings. The van der Waals surface area contributed by atoms with Crippen LogP contribution in [-0.4, -0.2) is 9.36 Å². The Bertz CT molecular complexity index is 473. The van der Waals surface area contributed by atoms with Gasteiger partial charge in [-0.1, -0.05) is 18.2 Å². The van der Waals surface area contributed by atoms with Crippen molar-refractivity contribution < 1.29 is 0 Å². The van der Waals surface area contributed by atoms with Crippen molar-refractivity contribution in [2.24, 2.45) is 0 Å². The van der Waals surface area contributed by atoms with Gasteiger partial charge >= 0.3 is 0 Å². The first-order valence-electron chi connectivity index (χ1n) is 4.56. The van der Waals surface area contributed by atoms with Crippen LogP contribution in [0.5, 0.6) is 0 Å². The molecule has 1 unspecified atom stereocenters.